The Morgan fingerprint density at radius 3 is 2.35 bits per heavy atom. The quantitative estimate of drug-likeness (QED) is 0.473. The summed E-state index contributed by atoms with van der Waals surface area (Å²) in [5.41, 5.74) is -1.52. The highest BCUT2D eigenvalue weighted by Gasteiger charge is 2.65. The molecule has 1 rings (SSSR count). The largest absolute Gasteiger partial charge is 0.490 e. The van der Waals surface area contributed by atoms with Gasteiger partial charge in [-0.15, -0.1) is 0 Å². The molecule has 1 aromatic rings. The Morgan fingerprint density at radius 1 is 1.35 bits per heavy atom. The van der Waals surface area contributed by atoms with Gasteiger partial charge < -0.3 is 4.74 Å². The Kier molecular flexibility index (Phi) is 1.67. The highest BCUT2D eigenvalue weighted by molar-refractivity contribution is 8.45. The van der Waals surface area contributed by atoms with Crippen molar-refractivity contribution in [3.63, 3.8) is 0 Å². The van der Waals surface area contributed by atoms with E-state index in [1.165, 1.54) is 0 Å². The second-order valence-electron chi connectivity index (χ2n) is 2.96. The van der Waals surface area contributed by atoms with Crippen LogP contribution in [0.5, 0.6) is 5.75 Å². The molecule has 0 spiro atoms. The van der Waals surface area contributed by atoms with Crippen molar-refractivity contribution in [2.45, 2.75) is 4.90 Å². The maximum Gasteiger partial charge on any atom is 0.312 e. The van der Waals surface area contributed by atoms with Gasteiger partial charge in [0.05, 0.1) is 16.1 Å². The van der Waals surface area contributed by atoms with Gasteiger partial charge in [0.1, 0.15) is 4.90 Å². The summed E-state index contributed by atoms with van der Waals surface area (Å²) < 4.78 is 86.6. The summed E-state index contributed by atoms with van der Waals surface area (Å²) in [7, 11) is -13.3. The molecule has 0 heterocycles. The van der Waals surface area contributed by atoms with Crippen LogP contribution in [0.2, 0.25) is 0 Å². The summed E-state index contributed by atoms with van der Waals surface area (Å²) in [4.78, 5) is 6.58. The number of hydrogen-bond donors (Lipinski definition) is 0. The van der Waals surface area contributed by atoms with Crippen LogP contribution >= 0.6 is 10.2 Å². The fourth-order valence-corrected chi connectivity index (χ4v) is 1.63. The lowest BCUT2D eigenvalue weighted by molar-refractivity contribution is -0.386. The van der Waals surface area contributed by atoms with E-state index < -0.39 is 44.6 Å². The van der Waals surface area contributed by atoms with Crippen LogP contribution in [-0.2, 0) is 0 Å². The lowest BCUT2D eigenvalue weighted by Crippen LogP contribution is -2.07. The van der Waals surface area contributed by atoms with Crippen LogP contribution in [0.3, 0.4) is 0 Å². The standard InChI is InChI=1S/C7H6F5NO3S/c1-16-7-3-2-5(4-6(7)13(14)15)17(8,9,10,11)12/h2-4H,1H3/i1D3. The average Bonchev–Trinajstić information content (AvgIpc) is 2.10. The van der Waals surface area contributed by atoms with Crippen LogP contribution in [0.4, 0.5) is 25.1 Å². The molecule has 17 heavy (non-hydrogen) atoms. The number of nitro groups is 1. The lowest BCUT2D eigenvalue weighted by Gasteiger charge is -2.40. The molecule has 0 bridgehead atoms. The Labute approximate surface area is 96.1 Å². The molecule has 0 amide bonds. The van der Waals surface area contributed by atoms with Gasteiger partial charge in [-0.2, -0.15) is 0 Å². The highest BCUT2D eigenvalue weighted by atomic mass is 32.5. The van der Waals surface area contributed by atoms with Gasteiger partial charge in [-0.05, 0) is 12.1 Å². The first kappa shape index (κ1) is 9.45. The average molecular weight is 282 g/mol. The summed E-state index contributed by atoms with van der Waals surface area (Å²) in [6.45, 7) is 0. The van der Waals surface area contributed by atoms with E-state index >= 15 is 0 Å². The van der Waals surface area contributed by atoms with Gasteiger partial charge in [0.25, 0.3) is 0 Å². The third-order valence-corrected chi connectivity index (χ3v) is 2.83. The number of halogens is 5. The molecule has 0 unspecified atom stereocenters. The zero-order valence-electron chi connectivity index (χ0n) is 10.7. The summed E-state index contributed by atoms with van der Waals surface area (Å²) >= 11 is 0. The van der Waals surface area contributed by atoms with E-state index in [2.05, 4.69) is 4.74 Å². The number of hydrogen-bond acceptors (Lipinski definition) is 3. The first-order chi connectivity index (χ1) is 8.49. The van der Waals surface area contributed by atoms with Crippen molar-refractivity contribution >= 4 is 15.9 Å². The third-order valence-electron chi connectivity index (χ3n) is 1.68. The molecular formula is C7H6F5NO3S. The SMILES string of the molecule is [2H]C([2H])([2H])Oc1ccc(S(F)(F)(F)(F)F)cc1[N+](=O)[O-]. The van der Waals surface area contributed by atoms with E-state index in [4.69, 9.17) is 4.11 Å². The van der Waals surface area contributed by atoms with Crippen molar-refractivity contribution in [2.24, 2.45) is 0 Å². The van der Waals surface area contributed by atoms with Crippen LogP contribution in [0.25, 0.3) is 0 Å². The molecule has 0 saturated heterocycles. The van der Waals surface area contributed by atoms with Crippen molar-refractivity contribution in [3.05, 3.63) is 28.3 Å². The Morgan fingerprint density at radius 2 is 1.94 bits per heavy atom. The predicted octanol–water partition coefficient (Wildman–Crippen LogP) is 4.26. The summed E-state index contributed by atoms with van der Waals surface area (Å²) in [5.74, 6) is -1.07. The summed E-state index contributed by atoms with van der Waals surface area (Å²) in [5, 5.41) is 10.5. The number of methoxy groups -OCH3 is 1. The molecule has 4 nitrogen and oxygen atoms in total. The van der Waals surface area contributed by atoms with Crippen molar-refractivity contribution in [3.8, 4) is 5.75 Å². The molecule has 98 valence electrons. The first-order valence-corrected chi connectivity index (χ1v) is 5.66. The van der Waals surface area contributed by atoms with E-state index in [-0.39, 0.29) is 12.1 Å². The molecule has 0 aliphatic rings. The Balaban J connectivity index is 3.48. The molecule has 0 saturated carbocycles. The smallest absolute Gasteiger partial charge is 0.312 e. The molecule has 0 aliphatic carbocycles. The number of benzene rings is 1. The van der Waals surface area contributed by atoms with Gasteiger partial charge in [-0.25, -0.2) is 0 Å². The van der Waals surface area contributed by atoms with Gasteiger partial charge >= 0.3 is 15.9 Å². The van der Waals surface area contributed by atoms with E-state index in [0.717, 1.165) is 0 Å². The third kappa shape index (κ3) is 2.96. The normalized spacial score (nSPS) is 19.2. The van der Waals surface area contributed by atoms with Crippen LogP contribution in [0.1, 0.15) is 4.11 Å². The van der Waals surface area contributed by atoms with E-state index in [1.54, 1.807) is 0 Å². The van der Waals surface area contributed by atoms with Crippen LogP contribution in [0, 0.1) is 10.1 Å². The number of nitrogens with zero attached hydrogens (tertiary/aromatic N) is 1. The molecular weight excluding hydrogens is 273 g/mol. The highest BCUT2D eigenvalue weighted by Crippen LogP contribution is 3.02. The first-order valence-electron chi connectivity index (χ1n) is 5.21. The van der Waals surface area contributed by atoms with Gasteiger partial charge in [-0.1, -0.05) is 19.4 Å². The van der Waals surface area contributed by atoms with Crippen molar-refractivity contribution in [1.29, 1.82) is 0 Å². The molecule has 0 aromatic heterocycles. The fraction of sp³-hybridized carbons (Fsp3) is 0.143. The minimum atomic E-state index is -10.1. The van der Waals surface area contributed by atoms with Gasteiger partial charge in [0.15, 0.2) is 5.75 Å². The molecule has 0 aliphatic heterocycles. The summed E-state index contributed by atoms with van der Waals surface area (Å²) in [6, 6.07) is -0.462. The van der Waals surface area contributed by atoms with Gasteiger partial charge in [-0.3, -0.25) is 10.1 Å². The molecule has 0 radical (unpaired) electrons. The van der Waals surface area contributed by atoms with E-state index in [1.807, 2.05) is 0 Å². The summed E-state index contributed by atoms with van der Waals surface area (Å²) in [6.07, 6.45) is 0. The molecule has 0 atom stereocenters. The van der Waals surface area contributed by atoms with Gasteiger partial charge in [0.2, 0.25) is 0 Å². The van der Waals surface area contributed by atoms with Crippen LogP contribution in [-0.4, -0.2) is 12.0 Å². The molecule has 0 N–H and O–H groups in total. The topological polar surface area (TPSA) is 52.4 Å². The monoisotopic (exact) mass is 282 g/mol. The van der Waals surface area contributed by atoms with Crippen molar-refractivity contribution in [2.75, 3.05) is 7.04 Å². The molecule has 10 heteroatoms. The second-order valence-corrected chi connectivity index (χ2v) is 5.37. The predicted molar refractivity (Wildman–Crippen MR) is 51.0 cm³/mol. The zero-order valence-corrected chi connectivity index (χ0v) is 8.52. The maximum atomic E-state index is 12.5. The van der Waals surface area contributed by atoms with Gasteiger partial charge in [0, 0.05) is 6.07 Å². The number of ether oxygens (including phenoxy) is 1. The number of rotatable bonds is 3. The van der Waals surface area contributed by atoms with E-state index in [0.29, 0.717) is 0 Å². The van der Waals surface area contributed by atoms with Crippen molar-refractivity contribution in [1.82, 2.24) is 0 Å². The van der Waals surface area contributed by atoms with Crippen LogP contribution < -0.4 is 4.74 Å². The van der Waals surface area contributed by atoms with E-state index in [9.17, 15) is 29.5 Å². The maximum absolute atomic E-state index is 12.5. The molecule has 1 aromatic carbocycles. The second kappa shape index (κ2) is 3.00. The Hall–Kier alpha value is -1.58. The van der Waals surface area contributed by atoms with Crippen LogP contribution in [0.15, 0.2) is 23.1 Å². The van der Waals surface area contributed by atoms with Crippen molar-refractivity contribution < 1.29 is 33.2 Å². The number of nitro benzene ring substituents is 1. The molecule has 0 fully saturated rings. The minimum Gasteiger partial charge on any atom is -0.490 e. The Bertz CT molecular complexity index is 573. The lowest BCUT2D eigenvalue weighted by atomic mass is 10.3. The zero-order chi connectivity index (χ0) is 16.0. The fourth-order valence-electron chi connectivity index (χ4n) is 0.966. The minimum absolute atomic E-state index is 0.164.